The molecule has 0 amide bonds. The van der Waals surface area contributed by atoms with Crippen molar-refractivity contribution in [1.29, 1.82) is 0 Å². The minimum atomic E-state index is 0. The summed E-state index contributed by atoms with van der Waals surface area (Å²) in [7, 11) is 0. The molecule has 0 fully saturated rings. The number of ether oxygens (including phenoxy) is 1. The van der Waals surface area contributed by atoms with Gasteiger partial charge < -0.3 is 15.4 Å². The molecule has 0 aromatic heterocycles. The third-order valence-corrected chi connectivity index (χ3v) is 2.90. The maximum atomic E-state index is 5.82. The van der Waals surface area contributed by atoms with Crippen molar-refractivity contribution in [2.24, 2.45) is 4.99 Å². The molecular formula is C16H28IN3O. The summed E-state index contributed by atoms with van der Waals surface area (Å²) in [6.45, 7) is 9.49. The number of nitrogens with one attached hydrogen (secondary N) is 2. The van der Waals surface area contributed by atoms with Gasteiger partial charge in [-0.25, -0.2) is 0 Å². The second kappa shape index (κ2) is 12.9. The monoisotopic (exact) mass is 405 g/mol. The molecule has 0 bridgehead atoms. The molecule has 2 N–H and O–H groups in total. The average Bonchev–Trinajstić information content (AvgIpc) is 2.48. The van der Waals surface area contributed by atoms with Crippen molar-refractivity contribution in [2.75, 3.05) is 26.2 Å². The third kappa shape index (κ3) is 8.93. The molecule has 0 radical (unpaired) electrons. The quantitative estimate of drug-likeness (QED) is 0.302. The van der Waals surface area contributed by atoms with Gasteiger partial charge in [0.15, 0.2) is 5.96 Å². The van der Waals surface area contributed by atoms with Gasteiger partial charge in [0.1, 0.15) is 0 Å². The number of halogens is 1. The standard InChI is InChI=1S/C16H27N3O.HI/c1-4-17-16(18-5-2)19-12-9-13-20-14(3)15-10-7-6-8-11-15;/h6-8,10-11,14H,4-5,9,12-13H2,1-3H3,(H2,17,18,19);1H. The van der Waals surface area contributed by atoms with Crippen LogP contribution >= 0.6 is 24.0 Å². The molecule has 0 heterocycles. The van der Waals surface area contributed by atoms with Gasteiger partial charge in [-0.1, -0.05) is 30.3 Å². The number of hydrogen-bond donors (Lipinski definition) is 2. The highest BCUT2D eigenvalue weighted by Gasteiger charge is 2.03. The Labute approximate surface area is 145 Å². The van der Waals surface area contributed by atoms with Crippen molar-refractivity contribution in [3.8, 4) is 0 Å². The zero-order valence-electron chi connectivity index (χ0n) is 13.3. The van der Waals surface area contributed by atoms with Crippen LogP contribution in [0.3, 0.4) is 0 Å². The lowest BCUT2D eigenvalue weighted by Gasteiger charge is -2.13. The van der Waals surface area contributed by atoms with Crippen molar-refractivity contribution >= 4 is 29.9 Å². The molecule has 0 aliphatic heterocycles. The maximum absolute atomic E-state index is 5.82. The summed E-state index contributed by atoms with van der Waals surface area (Å²) in [5.41, 5.74) is 1.22. The fourth-order valence-corrected chi connectivity index (χ4v) is 1.84. The van der Waals surface area contributed by atoms with Gasteiger partial charge in [-0.05, 0) is 32.8 Å². The molecule has 4 nitrogen and oxygen atoms in total. The number of nitrogens with zero attached hydrogens (tertiary/aromatic N) is 1. The molecule has 1 atom stereocenters. The highest BCUT2D eigenvalue weighted by Crippen LogP contribution is 2.15. The predicted octanol–water partition coefficient (Wildman–Crippen LogP) is 3.35. The lowest BCUT2D eigenvalue weighted by molar-refractivity contribution is 0.0652. The number of guanidine groups is 1. The maximum Gasteiger partial charge on any atom is 0.191 e. The summed E-state index contributed by atoms with van der Waals surface area (Å²) in [5, 5.41) is 6.41. The number of benzene rings is 1. The van der Waals surface area contributed by atoms with E-state index in [1.54, 1.807) is 0 Å². The van der Waals surface area contributed by atoms with E-state index in [4.69, 9.17) is 4.74 Å². The highest BCUT2D eigenvalue weighted by molar-refractivity contribution is 14.0. The summed E-state index contributed by atoms with van der Waals surface area (Å²) < 4.78 is 5.82. The van der Waals surface area contributed by atoms with E-state index in [2.05, 4.69) is 48.5 Å². The summed E-state index contributed by atoms with van der Waals surface area (Å²) >= 11 is 0. The van der Waals surface area contributed by atoms with Crippen LogP contribution in [0.4, 0.5) is 0 Å². The van der Waals surface area contributed by atoms with E-state index in [9.17, 15) is 0 Å². The Morgan fingerprint density at radius 2 is 1.76 bits per heavy atom. The molecule has 0 spiro atoms. The molecular weight excluding hydrogens is 377 g/mol. The summed E-state index contributed by atoms with van der Waals surface area (Å²) in [6, 6.07) is 10.3. The fraction of sp³-hybridized carbons (Fsp3) is 0.562. The van der Waals surface area contributed by atoms with Gasteiger partial charge in [0.2, 0.25) is 0 Å². The molecule has 21 heavy (non-hydrogen) atoms. The first-order valence-corrected chi connectivity index (χ1v) is 7.46. The molecule has 1 rings (SSSR count). The first kappa shape index (κ1) is 20.2. The van der Waals surface area contributed by atoms with E-state index in [-0.39, 0.29) is 30.1 Å². The Hall–Kier alpha value is -0.820. The highest BCUT2D eigenvalue weighted by atomic mass is 127. The first-order chi connectivity index (χ1) is 9.77. The summed E-state index contributed by atoms with van der Waals surface area (Å²) in [4.78, 5) is 4.49. The molecule has 1 unspecified atom stereocenters. The van der Waals surface area contributed by atoms with E-state index in [0.29, 0.717) is 0 Å². The van der Waals surface area contributed by atoms with Crippen molar-refractivity contribution in [1.82, 2.24) is 10.6 Å². The van der Waals surface area contributed by atoms with Crippen LogP contribution in [0.2, 0.25) is 0 Å². The van der Waals surface area contributed by atoms with Crippen LogP contribution in [0, 0.1) is 0 Å². The van der Waals surface area contributed by atoms with Gasteiger partial charge in [0.25, 0.3) is 0 Å². The van der Waals surface area contributed by atoms with Crippen molar-refractivity contribution in [3.63, 3.8) is 0 Å². The average molecular weight is 405 g/mol. The molecule has 0 saturated carbocycles. The molecule has 0 saturated heterocycles. The van der Waals surface area contributed by atoms with E-state index < -0.39 is 0 Å². The van der Waals surface area contributed by atoms with E-state index >= 15 is 0 Å². The third-order valence-electron chi connectivity index (χ3n) is 2.90. The Kier molecular flexibility index (Phi) is 12.4. The van der Waals surface area contributed by atoms with E-state index in [1.165, 1.54) is 5.56 Å². The van der Waals surface area contributed by atoms with Crippen LogP contribution in [0.5, 0.6) is 0 Å². The molecule has 120 valence electrons. The van der Waals surface area contributed by atoms with Crippen molar-refractivity contribution in [3.05, 3.63) is 35.9 Å². The fourth-order valence-electron chi connectivity index (χ4n) is 1.84. The summed E-state index contributed by atoms with van der Waals surface area (Å²) in [5.74, 6) is 0.881. The molecule has 1 aromatic carbocycles. The van der Waals surface area contributed by atoms with Crippen LogP contribution in [0.1, 0.15) is 38.9 Å². The van der Waals surface area contributed by atoms with Gasteiger partial charge in [-0.2, -0.15) is 0 Å². The zero-order chi connectivity index (χ0) is 14.6. The normalized spacial score (nSPS) is 11.2. The van der Waals surface area contributed by atoms with Crippen LogP contribution in [0.25, 0.3) is 0 Å². The predicted molar refractivity (Wildman–Crippen MR) is 100 cm³/mol. The number of rotatable bonds is 8. The van der Waals surface area contributed by atoms with Gasteiger partial charge in [0, 0.05) is 26.2 Å². The first-order valence-electron chi connectivity index (χ1n) is 7.46. The van der Waals surface area contributed by atoms with Crippen LogP contribution in [-0.2, 0) is 4.74 Å². The minimum Gasteiger partial charge on any atom is -0.374 e. The Balaban J connectivity index is 0.00000400. The van der Waals surface area contributed by atoms with Crippen LogP contribution in [0.15, 0.2) is 35.3 Å². The molecule has 1 aromatic rings. The smallest absolute Gasteiger partial charge is 0.191 e. The van der Waals surface area contributed by atoms with Gasteiger partial charge >= 0.3 is 0 Å². The molecule has 0 aliphatic rings. The summed E-state index contributed by atoms with van der Waals surface area (Å²) in [6.07, 6.45) is 1.07. The van der Waals surface area contributed by atoms with Gasteiger partial charge in [-0.3, -0.25) is 4.99 Å². The zero-order valence-corrected chi connectivity index (χ0v) is 15.6. The molecule has 0 aliphatic carbocycles. The lowest BCUT2D eigenvalue weighted by Crippen LogP contribution is -2.37. The van der Waals surface area contributed by atoms with Crippen molar-refractivity contribution < 1.29 is 4.74 Å². The minimum absolute atomic E-state index is 0. The van der Waals surface area contributed by atoms with E-state index in [0.717, 1.165) is 38.6 Å². The Morgan fingerprint density at radius 1 is 1.14 bits per heavy atom. The number of hydrogen-bond acceptors (Lipinski definition) is 2. The van der Waals surface area contributed by atoms with Crippen molar-refractivity contribution in [2.45, 2.75) is 33.3 Å². The topological polar surface area (TPSA) is 45.7 Å². The van der Waals surface area contributed by atoms with Gasteiger partial charge in [0.05, 0.1) is 6.10 Å². The van der Waals surface area contributed by atoms with Crippen LogP contribution < -0.4 is 10.6 Å². The lowest BCUT2D eigenvalue weighted by atomic mass is 10.1. The Bertz CT molecular complexity index is 376. The largest absolute Gasteiger partial charge is 0.374 e. The number of aliphatic imine (C=N–C) groups is 1. The second-order valence-corrected chi connectivity index (χ2v) is 4.57. The van der Waals surface area contributed by atoms with E-state index in [1.807, 2.05) is 18.2 Å². The second-order valence-electron chi connectivity index (χ2n) is 4.57. The molecule has 5 heteroatoms. The SMILES string of the molecule is CCNC(=NCCCOC(C)c1ccccc1)NCC.I. The van der Waals surface area contributed by atoms with Gasteiger partial charge in [-0.15, -0.1) is 24.0 Å². The van der Waals surface area contributed by atoms with Crippen LogP contribution in [-0.4, -0.2) is 32.2 Å². The Morgan fingerprint density at radius 3 is 2.33 bits per heavy atom.